The summed E-state index contributed by atoms with van der Waals surface area (Å²) >= 11 is 5.95. The summed E-state index contributed by atoms with van der Waals surface area (Å²) in [7, 11) is 0. The SMILES string of the molecule is O=C(Cc1ccc(F)cc1)Nc1c2c(nn1-c1ccc(Cl)cc1)CN(C(=O)[O-])C2. The fourth-order valence-corrected chi connectivity index (χ4v) is 3.33. The fraction of sp³-hybridized carbons (Fsp3) is 0.150. The number of aromatic nitrogens is 2. The molecule has 148 valence electrons. The number of halogens is 2. The highest BCUT2D eigenvalue weighted by atomic mass is 35.5. The minimum absolute atomic E-state index is 0.0328. The Morgan fingerprint density at radius 2 is 1.79 bits per heavy atom. The quantitative estimate of drug-likeness (QED) is 0.711. The van der Waals surface area contributed by atoms with E-state index in [4.69, 9.17) is 11.6 Å². The molecular weight excluding hydrogens is 399 g/mol. The highest BCUT2D eigenvalue weighted by Gasteiger charge is 2.29. The van der Waals surface area contributed by atoms with Gasteiger partial charge in [-0.25, -0.2) is 9.07 Å². The summed E-state index contributed by atoms with van der Waals surface area (Å²) in [5.74, 6) is -0.324. The van der Waals surface area contributed by atoms with Crippen LogP contribution in [0, 0.1) is 5.82 Å². The van der Waals surface area contributed by atoms with Crippen molar-refractivity contribution in [1.29, 1.82) is 0 Å². The number of carbonyl (C=O) groups is 2. The molecule has 9 heteroatoms. The molecule has 4 rings (SSSR count). The number of hydrogen-bond donors (Lipinski definition) is 1. The second kappa shape index (κ2) is 7.56. The molecule has 0 atom stereocenters. The molecule has 0 saturated heterocycles. The second-order valence-corrected chi connectivity index (χ2v) is 7.07. The zero-order chi connectivity index (χ0) is 20.5. The van der Waals surface area contributed by atoms with Crippen molar-refractivity contribution in [3.05, 3.63) is 76.2 Å². The largest absolute Gasteiger partial charge is 0.530 e. The summed E-state index contributed by atoms with van der Waals surface area (Å²) in [6, 6.07) is 12.5. The van der Waals surface area contributed by atoms with Gasteiger partial charge in [0.2, 0.25) is 5.91 Å². The molecule has 29 heavy (non-hydrogen) atoms. The van der Waals surface area contributed by atoms with Gasteiger partial charge in [0.15, 0.2) is 0 Å². The van der Waals surface area contributed by atoms with Crippen LogP contribution < -0.4 is 10.4 Å². The number of nitrogens with zero attached hydrogens (tertiary/aromatic N) is 3. The predicted octanol–water partition coefficient (Wildman–Crippen LogP) is 2.50. The van der Waals surface area contributed by atoms with E-state index in [-0.39, 0.29) is 31.2 Å². The Morgan fingerprint density at radius 1 is 1.10 bits per heavy atom. The van der Waals surface area contributed by atoms with Gasteiger partial charge < -0.3 is 20.1 Å². The monoisotopic (exact) mass is 413 g/mol. The van der Waals surface area contributed by atoms with Crippen molar-refractivity contribution in [2.75, 3.05) is 5.32 Å². The maximum Gasteiger partial charge on any atom is 0.229 e. The molecule has 0 fully saturated rings. The number of carbonyl (C=O) groups excluding carboxylic acids is 2. The molecule has 0 saturated carbocycles. The lowest BCUT2D eigenvalue weighted by Crippen LogP contribution is -2.37. The number of rotatable bonds is 4. The van der Waals surface area contributed by atoms with Gasteiger partial charge in [-0.15, -0.1) is 0 Å². The van der Waals surface area contributed by atoms with Crippen LogP contribution in [0.1, 0.15) is 16.8 Å². The number of anilines is 1. The maximum absolute atomic E-state index is 13.1. The first-order chi connectivity index (χ1) is 13.9. The molecule has 2 heterocycles. The third-order valence-electron chi connectivity index (χ3n) is 4.62. The third-order valence-corrected chi connectivity index (χ3v) is 4.87. The van der Waals surface area contributed by atoms with E-state index < -0.39 is 6.09 Å². The molecule has 2 aromatic carbocycles. The Labute approximate surface area is 170 Å². The van der Waals surface area contributed by atoms with E-state index in [1.165, 1.54) is 24.3 Å². The van der Waals surface area contributed by atoms with E-state index in [1.54, 1.807) is 28.9 Å². The molecule has 3 aromatic rings. The minimum Gasteiger partial charge on any atom is -0.530 e. The first-order valence-corrected chi connectivity index (χ1v) is 9.15. The van der Waals surface area contributed by atoms with Crippen molar-refractivity contribution in [1.82, 2.24) is 14.7 Å². The molecule has 7 nitrogen and oxygen atoms in total. The Kier molecular flexibility index (Phi) is 4.94. The fourth-order valence-electron chi connectivity index (χ4n) is 3.21. The molecule has 0 bridgehead atoms. The molecule has 1 N–H and O–H groups in total. The molecule has 0 aliphatic carbocycles. The van der Waals surface area contributed by atoms with Crippen LogP contribution in [0.4, 0.5) is 15.0 Å². The lowest BCUT2D eigenvalue weighted by molar-refractivity contribution is -0.266. The number of benzene rings is 2. The third kappa shape index (κ3) is 3.93. The van der Waals surface area contributed by atoms with Crippen LogP contribution in [-0.2, 0) is 24.3 Å². The summed E-state index contributed by atoms with van der Waals surface area (Å²) in [5, 5.41) is 19.1. The number of amides is 2. The number of nitrogens with one attached hydrogen (secondary N) is 1. The van der Waals surface area contributed by atoms with E-state index in [2.05, 4.69) is 10.4 Å². The predicted molar refractivity (Wildman–Crippen MR) is 102 cm³/mol. The Hall–Kier alpha value is -3.39. The molecule has 1 aliphatic rings. The molecule has 1 aliphatic heterocycles. The van der Waals surface area contributed by atoms with Gasteiger partial charge in [-0.1, -0.05) is 23.7 Å². The summed E-state index contributed by atoms with van der Waals surface area (Å²) in [6.45, 7) is 0.149. The zero-order valence-corrected chi connectivity index (χ0v) is 15.8. The van der Waals surface area contributed by atoms with Crippen molar-refractivity contribution in [2.24, 2.45) is 0 Å². The normalized spacial score (nSPS) is 12.7. The van der Waals surface area contributed by atoms with Gasteiger partial charge in [-0.05, 0) is 42.0 Å². The second-order valence-electron chi connectivity index (χ2n) is 6.64. The van der Waals surface area contributed by atoms with Crippen LogP contribution >= 0.6 is 11.6 Å². The van der Waals surface area contributed by atoms with Crippen LogP contribution in [0.15, 0.2) is 48.5 Å². The number of hydrogen-bond acceptors (Lipinski definition) is 4. The van der Waals surface area contributed by atoms with E-state index >= 15 is 0 Å². The van der Waals surface area contributed by atoms with Gasteiger partial charge in [-0.2, -0.15) is 5.10 Å². The zero-order valence-electron chi connectivity index (χ0n) is 15.1. The van der Waals surface area contributed by atoms with Crippen LogP contribution in [0.5, 0.6) is 0 Å². The summed E-state index contributed by atoms with van der Waals surface area (Å²) in [5.41, 5.74) is 2.47. The summed E-state index contributed by atoms with van der Waals surface area (Å²) in [6.07, 6.45) is -1.27. The highest BCUT2D eigenvalue weighted by molar-refractivity contribution is 6.30. The molecule has 2 amide bonds. The Morgan fingerprint density at radius 3 is 2.45 bits per heavy atom. The van der Waals surface area contributed by atoms with E-state index in [1.807, 2.05) is 0 Å². The van der Waals surface area contributed by atoms with E-state index in [9.17, 15) is 19.1 Å². The lowest BCUT2D eigenvalue weighted by atomic mass is 10.1. The van der Waals surface area contributed by atoms with Crippen LogP contribution in [-0.4, -0.2) is 26.7 Å². The first-order valence-electron chi connectivity index (χ1n) is 8.77. The molecule has 0 radical (unpaired) electrons. The average molecular weight is 414 g/mol. The van der Waals surface area contributed by atoms with Gasteiger partial charge in [0.25, 0.3) is 0 Å². The Balaban J connectivity index is 1.65. The van der Waals surface area contributed by atoms with Crippen molar-refractivity contribution in [3.8, 4) is 5.69 Å². The molecular formula is C20H15ClFN4O3-. The van der Waals surface area contributed by atoms with E-state index in [0.29, 0.717) is 33.3 Å². The van der Waals surface area contributed by atoms with Gasteiger partial charge >= 0.3 is 0 Å². The average Bonchev–Trinajstić information content (AvgIpc) is 3.24. The number of fused-ring (bicyclic) bond motifs is 1. The topological polar surface area (TPSA) is 90.3 Å². The summed E-state index contributed by atoms with van der Waals surface area (Å²) < 4.78 is 14.6. The van der Waals surface area contributed by atoms with Gasteiger partial charge in [0.05, 0.1) is 30.9 Å². The smallest absolute Gasteiger partial charge is 0.229 e. The van der Waals surface area contributed by atoms with Gasteiger partial charge in [0.1, 0.15) is 17.7 Å². The first kappa shape index (κ1) is 18.9. The molecule has 0 unspecified atom stereocenters. The van der Waals surface area contributed by atoms with Crippen molar-refractivity contribution in [2.45, 2.75) is 19.5 Å². The maximum atomic E-state index is 13.1. The lowest BCUT2D eigenvalue weighted by Gasteiger charge is -2.19. The van der Waals surface area contributed by atoms with Crippen molar-refractivity contribution < 1.29 is 19.1 Å². The minimum atomic E-state index is -1.30. The van der Waals surface area contributed by atoms with Gasteiger partial charge in [0, 0.05) is 10.6 Å². The van der Waals surface area contributed by atoms with Crippen molar-refractivity contribution >= 4 is 29.4 Å². The van der Waals surface area contributed by atoms with Gasteiger partial charge in [-0.3, -0.25) is 4.79 Å². The van der Waals surface area contributed by atoms with E-state index in [0.717, 1.165) is 4.90 Å². The van der Waals surface area contributed by atoms with Crippen LogP contribution in [0.3, 0.4) is 0 Å². The summed E-state index contributed by atoms with van der Waals surface area (Å²) in [4.78, 5) is 24.9. The Bertz CT molecular complexity index is 1080. The molecule has 0 spiro atoms. The van der Waals surface area contributed by atoms with Crippen LogP contribution in [0.2, 0.25) is 5.02 Å². The highest BCUT2D eigenvalue weighted by Crippen LogP contribution is 2.31. The van der Waals surface area contributed by atoms with Crippen molar-refractivity contribution in [3.63, 3.8) is 0 Å². The molecule has 1 aromatic heterocycles. The van der Waals surface area contributed by atoms with Crippen LogP contribution in [0.25, 0.3) is 5.69 Å². The number of carboxylic acid groups (broad SMARTS) is 1. The standard InChI is InChI=1S/C20H16ClFN4O3/c21-13-3-7-15(8-4-13)26-19(16-10-25(20(28)29)11-17(16)24-26)23-18(27)9-12-1-5-14(22)6-2-12/h1-8H,9-11H2,(H,23,27)(H,28,29)/p-1.